The van der Waals surface area contributed by atoms with Crippen molar-refractivity contribution in [3.8, 4) is 50.9 Å². The van der Waals surface area contributed by atoms with Gasteiger partial charge in [-0.2, -0.15) is 0 Å². The zero-order valence-corrected chi connectivity index (χ0v) is 39.7. The maximum Gasteiger partial charge on any atom is 0.269 e. The van der Waals surface area contributed by atoms with E-state index in [1.54, 1.807) is 35.0 Å². The van der Waals surface area contributed by atoms with E-state index in [-0.39, 0.29) is 58.2 Å². The van der Waals surface area contributed by atoms with Gasteiger partial charge in [-0.05, 0) is 110 Å². The van der Waals surface area contributed by atoms with E-state index in [0.29, 0.717) is 56.1 Å². The number of aromatic nitrogens is 4. The van der Waals surface area contributed by atoms with Gasteiger partial charge in [-0.3, -0.25) is 13.7 Å². The summed E-state index contributed by atoms with van der Waals surface area (Å²) in [5.41, 5.74) is 7.79. The van der Waals surface area contributed by atoms with Crippen molar-refractivity contribution in [2.45, 2.75) is 86.0 Å². The summed E-state index contributed by atoms with van der Waals surface area (Å²) in [6.07, 6.45) is 5.28. The lowest BCUT2D eigenvalue weighted by Gasteiger charge is -2.27. The van der Waals surface area contributed by atoms with E-state index in [1.165, 1.54) is 0 Å². The first-order valence-electron chi connectivity index (χ1n) is 27.7. The largest absolute Gasteiger partial charge is 0.458 e. The molecule has 0 N–H and O–H groups in total. The molecule has 3 aromatic heterocycles. The molecule has 0 aliphatic heterocycles. The average Bonchev–Trinajstić information content (AvgIpc) is 4.16. The number of ether oxygens (including phenoxy) is 1. The standard InChI is InChI=1S/C62H60N4O/c1-41(60(2,3)4)43-32-33-63-58(36-43)66-54-27-15-14-24-52(54)53-31-30-49(39-57(53)66)67-48-23-18-22-47(38-48)64-40-65(56-29-17-16-28-55(56)64)59-50(42-20-12-11-13-21-42)25-19-26-51(59)44-34-45(61(5,6)7)37-46(35-44)62(8,9)10/h11-39,41H,1-10H3/i11D,12D,13D,14D,15D,20D,21D,24D,27D,41D. The van der Waals surface area contributed by atoms with Crippen LogP contribution in [0.5, 0.6) is 11.5 Å². The lowest BCUT2D eigenvalue weighted by Crippen LogP contribution is -2.31. The van der Waals surface area contributed by atoms with Crippen molar-refractivity contribution in [2.24, 2.45) is 5.41 Å². The molecule has 3 heterocycles. The molecule has 0 saturated heterocycles. The van der Waals surface area contributed by atoms with Crippen molar-refractivity contribution < 1.29 is 23.0 Å². The highest BCUT2D eigenvalue weighted by Gasteiger charge is 2.26. The Labute approximate surface area is 410 Å². The fourth-order valence-corrected chi connectivity index (χ4v) is 8.70. The van der Waals surface area contributed by atoms with E-state index in [1.807, 2.05) is 110 Å². The number of hydrogen-bond acceptors (Lipinski definition) is 2. The van der Waals surface area contributed by atoms with Crippen LogP contribution in [0.3, 0.4) is 0 Å². The number of pyridine rings is 1. The fourth-order valence-electron chi connectivity index (χ4n) is 8.70. The van der Waals surface area contributed by atoms with Gasteiger partial charge in [-0.1, -0.05) is 184 Å². The minimum atomic E-state index is -1.03. The van der Waals surface area contributed by atoms with Crippen LogP contribution in [-0.2, 0) is 10.8 Å². The second-order valence-electron chi connectivity index (χ2n) is 20.4. The number of benzene rings is 7. The van der Waals surface area contributed by atoms with Crippen molar-refractivity contribution in [3.05, 3.63) is 199 Å². The lowest BCUT2D eigenvalue weighted by molar-refractivity contribution is -0.571. The average molecular weight is 887 g/mol. The van der Waals surface area contributed by atoms with Crippen LogP contribution in [0.4, 0.5) is 0 Å². The number of para-hydroxylation sites is 4. The van der Waals surface area contributed by atoms with E-state index < -0.39 is 29.4 Å². The summed E-state index contributed by atoms with van der Waals surface area (Å²) in [6.45, 7) is 20.9. The lowest BCUT2D eigenvalue weighted by atomic mass is 9.78. The third-order valence-corrected chi connectivity index (χ3v) is 12.8. The molecule has 67 heavy (non-hydrogen) atoms. The molecular formula is C62H60N4O. The summed E-state index contributed by atoms with van der Waals surface area (Å²) < 4.78 is 102. The highest BCUT2D eigenvalue weighted by molar-refractivity contribution is 6.09. The van der Waals surface area contributed by atoms with Gasteiger partial charge in [-0.25, -0.2) is 4.98 Å². The quantitative estimate of drug-likeness (QED) is 0.113. The molecule has 0 amide bonds. The van der Waals surface area contributed by atoms with Crippen molar-refractivity contribution in [1.82, 2.24) is 14.1 Å². The second kappa shape index (κ2) is 16.6. The molecule has 0 spiro atoms. The van der Waals surface area contributed by atoms with Gasteiger partial charge in [-0.15, -0.1) is 0 Å². The highest BCUT2D eigenvalue weighted by atomic mass is 16.5. The van der Waals surface area contributed by atoms with E-state index >= 15 is 0 Å². The zero-order chi connectivity index (χ0) is 55.6. The Kier molecular flexibility index (Phi) is 8.23. The zero-order valence-electron chi connectivity index (χ0n) is 49.7. The van der Waals surface area contributed by atoms with Crippen LogP contribution in [0.1, 0.15) is 106 Å². The Hall–Kier alpha value is -7.24. The first-order chi connectivity index (χ1) is 36.1. The van der Waals surface area contributed by atoms with Crippen LogP contribution in [0.25, 0.3) is 72.3 Å². The van der Waals surface area contributed by atoms with Crippen molar-refractivity contribution in [3.63, 3.8) is 0 Å². The van der Waals surface area contributed by atoms with Gasteiger partial charge in [0.15, 0.2) is 0 Å². The summed E-state index contributed by atoms with van der Waals surface area (Å²) in [7, 11) is 0. The predicted octanol–water partition coefficient (Wildman–Crippen LogP) is 16.1. The van der Waals surface area contributed by atoms with E-state index in [0.717, 1.165) is 33.3 Å². The smallest absolute Gasteiger partial charge is 0.269 e. The molecule has 0 radical (unpaired) electrons. The van der Waals surface area contributed by atoms with Gasteiger partial charge < -0.3 is 4.74 Å². The number of nitrogens with zero attached hydrogens (tertiary/aromatic N) is 4. The molecule has 10 rings (SSSR count). The van der Waals surface area contributed by atoms with Crippen LogP contribution in [0, 0.1) is 11.7 Å². The third-order valence-electron chi connectivity index (χ3n) is 12.8. The normalized spacial score (nSPS) is 15.4. The molecule has 5 nitrogen and oxygen atoms in total. The topological polar surface area (TPSA) is 35.9 Å². The Balaban J connectivity index is 1.16. The second-order valence-corrected chi connectivity index (χ2v) is 20.4. The summed E-state index contributed by atoms with van der Waals surface area (Å²) in [6, 6.07) is 33.6. The first kappa shape index (κ1) is 33.3. The van der Waals surface area contributed by atoms with E-state index in [2.05, 4.69) is 66.1 Å². The van der Waals surface area contributed by atoms with Crippen LogP contribution in [0.2, 0.25) is 0 Å². The number of fused-ring (bicyclic) bond motifs is 4. The molecule has 1 unspecified atom stereocenters. The molecule has 0 aliphatic carbocycles. The molecule has 1 atom stereocenters. The van der Waals surface area contributed by atoms with Gasteiger partial charge in [0.05, 0.1) is 45.8 Å². The molecule has 5 heteroatoms. The molecule has 0 aliphatic rings. The van der Waals surface area contributed by atoms with Crippen LogP contribution < -0.4 is 9.30 Å². The number of rotatable bonds is 8. The van der Waals surface area contributed by atoms with Gasteiger partial charge in [0, 0.05) is 24.4 Å². The minimum absolute atomic E-state index is 0.0708. The van der Waals surface area contributed by atoms with E-state index in [9.17, 15) is 4.11 Å². The third kappa shape index (κ3) is 8.22. The monoisotopic (exact) mass is 887 g/mol. The van der Waals surface area contributed by atoms with Gasteiger partial charge >= 0.3 is 0 Å². The van der Waals surface area contributed by atoms with Gasteiger partial charge in [0.2, 0.25) is 0 Å². The molecule has 7 aromatic carbocycles. The van der Waals surface area contributed by atoms with Gasteiger partial charge in [0.25, 0.3) is 6.33 Å². The Morgan fingerprint density at radius 2 is 1.28 bits per heavy atom. The SMILES string of the molecule is [2H]c1c([2H])c([2H])c(-c2cccc(-c3cc(C(C)(C)C)cc(C(C)(C)C)c3)c2-[n+]2[c-]n(-c3cccc(Oc4ccc5c6c([2H])c([2H])c([2H])c([2H])c6n(-c6cc(C([2H])(C)C(C)(C)C)ccn6)c5c4)c3)c3ccccc32)c([2H])c1[2H]. The summed E-state index contributed by atoms with van der Waals surface area (Å²) in [5.74, 6) is 0.251. The van der Waals surface area contributed by atoms with Crippen LogP contribution in [-0.4, -0.2) is 14.1 Å². The molecule has 0 saturated carbocycles. The maximum atomic E-state index is 9.39. The Morgan fingerprint density at radius 3 is 2.01 bits per heavy atom. The van der Waals surface area contributed by atoms with Crippen molar-refractivity contribution in [2.75, 3.05) is 0 Å². The Bertz CT molecular complexity index is 4000. The van der Waals surface area contributed by atoms with Gasteiger partial charge in [0.1, 0.15) is 17.3 Å². The van der Waals surface area contributed by atoms with E-state index in [4.69, 9.17) is 19.3 Å². The molecule has 334 valence electrons. The number of hydrogen-bond donors (Lipinski definition) is 0. The summed E-state index contributed by atoms with van der Waals surface area (Å²) in [4.78, 5) is 4.73. The summed E-state index contributed by atoms with van der Waals surface area (Å²) >= 11 is 0. The summed E-state index contributed by atoms with van der Waals surface area (Å²) in [5, 5.41) is 0.915. The predicted molar refractivity (Wildman–Crippen MR) is 278 cm³/mol. The highest BCUT2D eigenvalue weighted by Crippen LogP contribution is 2.41. The number of imidazole rings is 1. The van der Waals surface area contributed by atoms with Crippen LogP contribution in [0.15, 0.2) is 176 Å². The first-order valence-corrected chi connectivity index (χ1v) is 22.7. The molecule has 0 fully saturated rings. The minimum Gasteiger partial charge on any atom is -0.458 e. The van der Waals surface area contributed by atoms with Crippen molar-refractivity contribution in [1.29, 1.82) is 0 Å². The molecule has 0 bridgehead atoms. The molecular weight excluding hydrogens is 817 g/mol. The fraction of sp³-hybridized carbons (Fsp3) is 0.226. The van der Waals surface area contributed by atoms with Crippen molar-refractivity contribution >= 4 is 32.8 Å². The maximum absolute atomic E-state index is 9.39. The Morgan fingerprint density at radius 1 is 0.612 bits per heavy atom. The molecule has 10 aromatic rings. The van der Waals surface area contributed by atoms with Crippen LogP contribution >= 0.6 is 0 Å².